The summed E-state index contributed by atoms with van der Waals surface area (Å²) in [6, 6.07) is 14.9. The quantitative estimate of drug-likeness (QED) is 0.759. The van der Waals surface area contributed by atoms with E-state index in [-0.39, 0.29) is 5.82 Å². The van der Waals surface area contributed by atoms with Crippen LogP contribution in [0.2, 0.25) is 0 Å². The van der Waals surface area contributed by atoms with Gasteiger partial charge in [-0.1, -0.05) is 46.3 Å². The molecule has 94 valence electrons. The van der Waals surface area contributed by atoms with E-state index in [1.807, 2.05) is 25.2 Å². The summed E-state index contributed by atoms with van der Waals surface area (Å²) in [7, 11) is 2.02. The second-order valence-corrected chi connectivity index (χ2v) is 4.81. The molecule has 3 heteroatoms. The summed E-state index contributed by atoms with van der Waals surface area (Å²) in [4.78, 5) is 2.13. The lowest BCUT2D eigenvalue weighted by atomic mass is 10.1. The molecule has 0 saturated carbocycles. The normalized spacial score (nSPS) is 10.4. The van der Waals surface area contributed by atoms with Crippen molar-refractivity contribution in [2.75, 3.05) is 11.9 Å². The van der Waals surface area contributed by atoms with Gasteiger partial charge in [-0.2, -0.15) is 0 Å². The van der Waals surface area contributed by atoms with Gasteiger partial charge in [-0.15, -0.1) is 0 Å². The molecule has 0 aromatic heterocycles. The molecule has 2 aromatic rings. The molecule has 0 atom stereocenters. The van der Waals surface area contributed by atoms with Gasteiger partial charge < -0.3 is 4.90 Å². The molecule has 0 fully saturated rings. The van der Waals surface area contributed by atoms with Crippen molar-refractivity contribution in [3.8, 4) is 0 Å². The molecule has 2 aromatic carbocycles. The van der Waals surface area contributed by atoms with Crippen LogP contribution in [0.4, 0.5) is 10.1 Å². The second kappa shape index (κ2) is 6.01. The minimum Gasteiger partial charge on any atom is -0.370 e. The summed E-state index contributed by atoms with van der Waals surface area (Å²) in [6.45, 7) is 0.696. The van der Waals surface area contributed by atoms with Crippen LogP contribution in [0.1, 0.15) is 11.1 Å². The average molecular weight is 308 g/mol. The van der Waals surface area contributed by atoms with Gasteiger partial charge in [0, 0.05) is 24.6 Å². The lowest BCUT2D eigenvalue weighted by Crippen LogP contribution is -2.17. The van der Waals surface area contributed by atoms with E-state index < -0.39 is 0 Å². The van der Waals surface area contributed by atoms with Crippen LogP contribution in [0.15, 0.2) is 48.5 Å². The van der Waals surface area contributed by atoms with Crippen LogP contribution < -0.4 is 4.90 Å². The van der Waals surface area contributed by atoms with Gasteiger partial charge in [-0.3, -0.25) is 0 Å². The summed E-state index contributed by atoms with van der Waals surface area (Å²) in [5, 5.41) is 0.816. The molecule has 0 aliphatic carbocycles. The molecule has 0 unspecified atom stereocenters. The maximum atomic E-state index is 13.1. The first-order chi connectivity index (χ1) is 8.70. The Bertz CT molecular complexity index is 527. The number of para-hydroxylation sites is 1. The van der Waals surface area contributed by atoms with Crippen molar-refractivity contribution in [2.45, 2.75) is 11.9 Å². The van der Waals surface area contributed by atoms with Crippen molar-refractivity contribution in [3.63, 3.8) is 0 Å². The first kappa shape index (κ1) is 13.1. The summed E-state index contributed by atoms with van der Waals surface area (Å²) in [6.07, 6.45) is 0. The molecule has 0 aliphatic rings. The molecule has 0 aliphatic heterocycles. The third-order valence-electron chi connectivity index (χ3n) is 2.86. The molecular formula is C15H15BrFN. The Labute approximate surface area is 115 Å². The van der Waals surface area contributed by atoms with E-state index in [1.54, 1.807) is 12.1 Å². The Morgan fingerprint density at radius 1 is 1.11 bits per heavy atom. The summed E-state index contributed by atoms with van der Waals surface area (Å²) < 4.78 is 13.1. The third kappa shape index (κ3) is 3.10. The summed E-state index contributed by atoms with van der Waals surface area (Å²) >= 11 is 3.49. The van der Waals surface area contributed by atoms with E-state index in [4.69, 9.17) is 0 Å². The molecule has 0 amide bonds. The van der Waals surface area contributed by atoms with Gasteiger partial charge in [-0.05, 0) is 29.3 Å². The van der Waals surface area contributed by atoms with Crippen molar-refractivity contribution in [1.29, 1.82) is 0 Å². The van der Waals surface area contributed by atoms with E-state index in [2.05, 4.69) is 33.0 Å². The van der Waals surface area contributed by atoms with Crippen molar-refractivity contribution in [2.24, 2.45) is 0 Å². The van der Waals surface area contributed by atoms with Crippen LogP contribution in [-0.4, -0.2) is 7.05 Å². The molecule has 2 rings (SSSR count). The van der Waals surface area contributed by atoms with E-state index >= 15 is 0 Å². The van der Waals surface area contributed by atoms with Gasteiger partial charge in [0.05, 0.1) is 0 Å². The minimum atomic E-state index is -0.185. The van der Waals surface area contributed by atoms with E-state index in [1.165, 1.54) is 17.3 Å². The van der Waals surface area contributed by atoms with Crippen LogP contribution in [0.5, 0.6) is 0 Å². The van der Waals surface area contributed by atoms with Gasteiger partial charge in [0.15, 0.2) is 0 Å². The van der Waals surface area contributed by atoms with Gasteiger partial charge in [0.25, 0.3) is 0 Å². The van der Waals surface area contributed by atoms with Crippen LogP contribution in [0.25, 0.3) is 0 Å². The van der Waals surface area contributed by atoms with Crippen molar-refractivity contribution in [3.05, 3.63) is 65.5 Å². The summed E-state index contributed by atoms with van der Waals surface area (Å²) in [5.41, 5.74) is 3.37. The fourth-order valence-corrected chi connectivity index (χ4v) is 2.46. The molecule has 0 radical (unpaired) electrons. The lowest BCUT2D eigenvalue weighted by Gasteiger charge is -2.22. The average Bonchev–Trinajstić information content (AvgIpc) is 2.38. The highest BCUT2D eigenvalue weighted by Crippen LogP contribution is 2.23. The molecule has 0 spiro atoms. The van der Waals surface area contributed by atoms with Crippen LogP contribution in [0.3, 0.4) is 0 Å². The van der Waals surface area contributed by atoms with Gasteiger partial charge >= 0.3 is 0 Å². The van der Waals surface area contributed by atoms with E-state index in [9.17, 15) is 4.39 Å². The Kier molecular flexibility index (Phi) is 4.37. The zero-order valence-corrected chi connectivity index (χ0v) is 11.8. The lowest BCUT2D eigenvalue weighted by molar-refractivity contribution is 0.625. The number of benzene rings is 2. The van der Waals surface area contributed by atoms with Gasteiger partial charge in [0.2, 0.25) is 0 Å². The number of alkyl halides is 1. The molecular weight excluding hydrogens is 293 g/mol. The number of halogens is 2. The zero-order chi connectivity index (χ0) is 13.0. The molecule has 0 bridgehead atoms. The minimum absolute atomic E-state index is 0.185. The number of anilines is 1. The third-order valence-corrected chi connectivity index (χ3v) is 3.46. The van der Waals surface area contributed by atoms with Crippen molar-refractivity contribution >= 4 is 21.6 Å². The zero-order valence-electron chi connectivity index (χ0n) is 10.2. The number of nitrogens with zero attached hydrogens (tertiary/aromatic N) is 1. The predicted octanol–water partition coefficient (Wildman–Crippen LogP) is 4.36. The van der Waals surface area contributed by atoms with E-state index in [0.717, 1.165) is 10.9 Å². The molecule has 1 nitrogen and oxygen atoms in total. The number of hydrogen-bond acceptors (Lipinski definition) is 1. The first-order valence-electron chi connectivity index (χ1n) is 5.80. The topological polar surface area (TPSA) is 3.24 Å². The van der Waals surface area contributed by atoms with Crippen molar-refractivity contribution in [1.82, 2.24) is 0 Å². The highest BCUT2D eigenvalue weighted by molar-refractivity contribution is 9.08. The standard InChI is InChI=1S/C15H15BrFN/c1-18(11-12-5-4-7-14(17)9-12)15-8-3-2-6-13(15)10-16/h2-9H,10-11H2,1H3. The Morgan fingerprint density at radius 2 is 1.89 bits per heavy atom. The predicted molar refractivity (Wildman–Crippen MR) is 77.6 cm³/mol. The monoisotopic (exact) mass is 307 g/mol. The number of hydrogen-bond donors (Lipinski definition) is 0. The first-order valence-corrected chi connectivity index (χ1v) is 6.92. The largest absolute Gasteiger partial charge is 0.370 e. The van der Waals surface area contributed by atoms with Crippen LogP contribution in [-0.2, 0) is 11.9 Å². The highest BCUT2D eigenvalue weighted by Gasteiger charge is 2.06. The SMILES string of the molecule is CN(Cc1cccc(F)c1)c1ccccc1CBr. The maximum absolute atomic E-state index is 13.1. The molecule has 0 saturated heterocycles. The Hall–Kier alpha value is -1.35. The van der Waals surface area contributed by atoms with E-state index in [0.29, 0.717) is 6.54 Å². The fourth-order valence-electron chi connectivity index (χ4n) is 1.99. The summed E-state index contributed by atoms with van der Waals surface area (Å²) in [5.74, 6) is -0.185. The number of rotatable bonds is 4. The Morgan fingerprint density at radius 3 is 2.61 bits per heavy atom. The highest BCUT2D eigenvalue weighted by atomic mass is 79.9. The van der Waals surface area contributed by atoms with Crippen molar-refractivity contribution < 1.29 is 4.39 Å². The van der Waals surface area contributed by atoms with Gasteiger partial charge in [0.1, 0.15) is 5.82 Å². The van der Waals surface area contributed by atoms with Gasteiger partial charge in [-0.25, -0.2) is 4.39 Å². The second-order valence-electron chi connectivity index (χ2n) is 4.25. The Balaban J connectivity index is 2.19. The maximum Gasteiger partial charge on any atom is 0.123 e. The smallest absolute Gasteiger partial charge is 0.123 e. The molecule has 0 heterocycles. The van der Waals surface area contributed by atoms with Crippen LogP contribution in [0, 0.1) is 5.82 Å². The molecule has 0 N–H and O–H groups in total. The fraction of sp³-hybridized carbons (Fsp3) is 0.200. The van der Waals surface area contributed by atoms with Crippen LogP contribution >= 0.6 is 15.9 Å². The molecule has 18 heavy (non-hydrogen) atoms.